The lowest BCUT2D eigenvalue weighted by Gasteiger charge is -2.35. The fourth-order valence-electron chi connectivity index (χ4n) is 4.18. The highest BCUT2D eigenvalue weighted by Crippen LogP contribution is 2.25. The summed E-state index contributed by atoms with van der Waals surface area (Å²) in [6, 6.07) is 13.9. The van der Waals surface area contributed by atoms with E-state index in [4.69, 9.17) is 9.47 Å². The summed E-state index contributed by atoms with van der Waals surface area (Å²) < 4.78 is 10.4. The molecule has 0 saturated carbocycles. The number of likely N-dealkylation sites (tertiary alicyclic amines) is 1. The summed E-state index contributed by atoms with van der Waals surface area (Å²) in [7, 11) is 5.46. The molecule has 1 atom stereocenters. The molecule has 0 amide bonds. The van der Waals surface area contributed by atoms with Gasteiger partial charge in [-0.25, -0.2) is 0 Å². The second-order valence-corrected chi connectivity index (χ2v) is 8.10. The fourth-order valence-corrected chi connectivity index (χ4v) is 4.18. The number of rotatable bonds is 9. The lowest BCUT2D eigenvalue weighted by Crippen LogP contribution is -2.40. The molecular formula is C24H34N2O3. The number of piperidine rings is 1. The molecule has 5 heteroatoms. The first-order valence-corrected chi connectivity index (χ1v) is 10.5. The number of benzene rings is 2. The lowest BCUT2D eigenvalue weighted by molar-refractivity contribution is 0.142. The fraction of sp³-hybridized carbons (Fsp3) is 0.500. The van der Waals surface area contributed by atoms with E-state index in [1.54, 1.807) is 20.3 Å². The Kier molecular flexibility index (Phi) is 7.78. The Morgan fingerprint density at radius 2 is 1.79 bits per heavy atom. The van der Waals surface area contributed by atoms with Crippen LogP contribution in [0.3, 0.4) is 0 Å². The van der Waals surface area contributed by atoms with Gasteiger partial charge in [-0.1, -0.05) is 18.2 Å². The second kappa shape index (κ2) is 10.5. The van der Waals surface area contributed by atoms with E-state index in [1.165, 1.54) is 24.9 Å². The maximum atomic E-state index is 10.2. The van der Waals surface area contributed by atoms with E-state index >= 15 is 0 Å². The van der Waals surface area contributed by atoms with E-state index in [0.29, 0.717) is 17.4 Å². The van der Waals surface area contributed by atoms with E-state index in [-0.39, 0.29) is 0 Å². The summed E-state index contributed by atoms with van der Waals surface area (Å²) in [4.78, 5) is 4.91. The van der Waals surface area contributed by atoms with Crippen LogP contribution in [0, 0.1) is 5.92 Å². The van der Waals surface area contributed by atoms with E-state index in [1.807, 2.05) is 24.3 Å². The number of aromatic hydroxyl groups is 1. The highest BCUT2D eigenvalue weighted by molar-refractivity contribution is 5.39. The molecule has 1 saturated heterocycles. The molecule has 2 aromatic rings. The SMILES string of the molecule is COc1ccc(CCN2CCC[C@@H](CN(C)Cc3ccc(OC)cc3O)C2)cc1. The van der Waals surface area contributed by atoms with Gasteiger partial charge in [0.1, 0.15) is 17.2 Å². The average Bonchev–Trinajstić information content (AvgIpc) is 2.74. The molecule has 5 nitrogen and oxygen atoms in total. The first kappa shape index (κ1) is 21.5. The van der Waals surface area contributed by atoms with Crippen LogP contribution in [0.4, 0.5) is 0 Å². The number of hydrogen-bond acceptors (Lipinski definition) is 5. The van der Waals surface area contributed by atoms with Crippen molar-refractivity contribution in [2.24, 2.45) is 5.92 Å². The van der Waals surface area contributed by atoms with Gasteiger partial charge in [-0.05, 0) is 62.5 Å². The summed E-state index contributed by atoms with van der Waals surface area (Å²) in [5, 5.41) is 10.2. The van der Waals surface area contributed by atoms with Crippen LogP contribution < -0.4 is 9.47 Å². The maximum Gasteiger partial charge on any atom is 0.123 e. The van der Waals surface area contributed by atoms with Crippen LogP contribution in [0.2, 0.25) is 0 Å². The first-order chi connectivity index (χ1) is 14.1. The van der Waals surface area contributed by atoms with Crippen LogP contribution in [0.15, 0.2) is 42.5 Å². The molecule has 158 valence electrons. The van der Waals surface area contributed by atoms with Gasteiger partial charge >= 0.3 is 0 Å². The van der Waals surface area contributed by atoms with Crippen molar-refractivity contribution in [2.45, 2.75) is 25.8 Å². The van der Waals surface area contributed by atoms with Gasteiger partial charge in [-0.15, -0.1) is 0 Å². The number of methoxy groups -OCH3 is 2. The third kappa shape index (κ3) is 6.38. The van der Waals surface area contributed by atoms with Gasteiger partial charge in [0.2, 0.25) is 0 Å². The Bertz CT molecular complexity index is 763. The number of phenolic OH excluding ortho intramolecular Hbond substituents is 1. The number of phenols is 1. The predicted octanol–water partition coefficient (Wildman–Crippen LogP) is 3.80. The van der Waals surface area contributed by atoms with Crippen molar-refractivity contribution in [1.29, 1.82) is 0 Å². The number of ether oxygens (including phenoxy) is 2. The van der Waals surface area contributed by atoms with Crippen molar-refractivity contribution in [1.82, 2.24) is 9.80 Å². The largest absolute Gasteiger partial charge is 0.507 e. The summed E-state index contributed by atoms with van der Waals surface area (Å²) in [6.07, 6.45) is 3.61. The van der Waals surface area contributed by atoms with Crippen LogP contribution in [0.5, 0.6) is 17.2 Å². The maximum absolute atomic E-state index is 10.2. The van der Waals surface area contributed by atoms with Gasteiger partial charge in [0.15, 0.2) is 0 Å². The van der Waals surface area contributed by atoms with Gasteiger partial charge < -0.3 is 24.4 Å². The van der Waals surface area contributed by atoms with Crippen LogP contribution in [0.1, 0.15) is 24.0 Å². The average molecular weight is 399 g/mol. The molecule has 1 aliphatic rings. The van der Waals surface area contributed by atoms with Crippen LogP contribution in [0.25, 0.3) is 0 Å². The molecule has 1 aliphatic heterocycles. The third-order valence-corrected chi connectivity index (χ3v) is 5.78. The minimum Gasteiger partial charge on any atom is -0.507 e. The quantitative estimate of drug-likeness (QED) is 0.696. The van der Waals surface area contributed by atoms with Crippen molar-refractivity contribution < 1.29 is 14.6 Å². The monoisotopic (exact) mass is 398 g/mol. The second-order valence-electron chi connectivity index (χ2n) is 8.10. The normalized spacial score (nSPS) is 17.4. The minimum atomic E-state index is 0.306. The van der Waals surface area contributed by atoms with Crippen LogP contribution in [-0.4, -0.2) is 62.4 Å². The van der Waals surface area contributed by atoms with Gasteiger partial charge in [-0.2, -0.15) is 0 Å². The highest BCUT2D eigenvalue weighted by atomic mass is 16.5. The number of nitrogens with zero attached hydrogens (tertiary/aromatic N) is 2. The smallest absolute Gasteiger partial charge is 0.123 e. The summed E-state index contributed by atoms with van der Waals surface area (Å²) in [5.74, 6) is 2.58. The zero-order valence-electron chi connectivity index (χ0n) is 17.9. The molecule has 0 unspecified atom stereocenters. The van der Waals surface area contributed by atoms with E-state index in [2.05, 4.69) is 29.0 Å². The van der Waals surface area contributed by atoms with Crippen LogP contribution in [-0.2, 0) is 13.0 Å². The summed E-state index contributed by atoms with van der Waals surface area (Å²) >= 11 is 0. The van der Waals surface area contributed by atoms with Crippen molar-refractivity contribution in [3.63, 3.8) is 0 Å². The minimum absolute atomic E-state index is 0.306. The van der Waals surface area contributed by atoms with Gasteiger partial charge in [0.25, 0.3) is 0 Å². The van der Waals surface area contributed by atoms with E-state index in [9.17, 15) is 5.11 Å². The molecule has 1 fully saturated rings. The lowest BCUT2D eigenvalue weighted by atomic mass is 9.97. The molecule has 0 bridgehead atoms. The van der Waals surface area contributed by atoms with Crippen LogP contribution >= 0.6 is 0 Å². The van der Waals surface area contributed by atoms with Crippen molar-refractivity contribution in [3.05, 3.63) is 53.6 Å². The molecule has 2 aromatic carbocycles. The Hall–Kier alpha value is -2.24. The molecule has 0 aliphatic carbocycles. The van der Waals surface area contributed by atoms with Crippen molar-refractivity contribution in [3.8, 4) is 17.2 Å². The Labute approximate surface area is 174 Å². The highest BCUT2D eigenvalue weighted by Gasteiger charge is 2.21. The molecule has 0 aromatic heterocycles. The predicted molar refractivity (Wildman–Crippen MR) is 117 cm³/mol. The van der Waals surface area contributed by atoms with Gasteiger partial charge in [0, 0.05) is 37.8 Å². The Balaban J connectivity index is 1.46. The Morgan fingerprint density at radius 3 is 2.48 bits per heavy atom. The Morgan fingerprint density at radius 1 is 1.07 bits per heavy atom. The summed E-state index contributed by atoms with van der Waals surface area (Å²) in [5.41, 5.74) is 2.31. The van der Waals surface area contributed by atoms with E-state index in [0.717, 1.165) is 43.9 Å². The zero-order chi connectivity index (χ0) is 20.6. The molecule has 0 radical (unpaired) electrons. The van der Waals surface area contributed by atoms with Gasteiger partial charge in [0.05, 0.1) is 14.2 Å². The molecule has 3 rings (SSSR count). The third-order valence-electron chi connectivity index (χ3n) is 5.78. The molecule has 29 heavy (non-hydrogen) atoms. The van der Waals surface area contributed by atoms with Crippen molar-refractivity contribution >= 4 is 0 Å². The molecule has 1 N–H and O–H groups in total. The summed E-state index contributed by atoms with van der Waals surface area (Å²) in [6.45, 7) is 5.24. The molecule has 0 spiro atoms. The number of hydrogen-bond donors (Lipinski definition) is 1. The topological polar surface area (TPSA) is 45.2 Å². The molecular weight excluding hydrogens is 364 g/mol. The molecule has 1 heterocycles. The van der Waals surface area contributed by atoms with E-state index < -0.39 is 0 Å². The van der Waals surface area contributed by atoms with Crippen molar-refractivity contribution in [2.75, 3.05) is 47.4 Å². The van der Waals surface area contributed by atoms with Gasteiger partial charge in [-0.3, -0.25) is 0 Å². The first-order valence-electron chi connectivity index (χ1n) is 10.5. The zero-order valence-corrected chi connectivity index (χ0v) is 17.9. The standard InChI is InChI=1S/C24H34N2O3/c1-25(18-21-8-11-23(29-3)15-24(21)27)16-20-5-4-13-26(17-20)14-12-19-6-9-22(28-2)10-7-19/h6-11,15,20,27H,4-5,12-14,16-18H2,1-3H3/t20-/m0/s1.